The lowest BCUT2D eigenvalue weighted by Crippen LogP contribution is -2.01. The summed E-state index contributed by atoms with van der Waals surface area (Å²) in [5, 5.41) is 10.2. The molecule has 0 aliphatic rings. The molecule has 2 rings (SSSR count). The zero-order valence-corrected chi connectivity index (χ0v) is 15.0. The van der Waals surface area contributed by atoms with Crippen molar-refractivity contribution >= 4 is 27.7 Å². The molecule has 0 radical (unpaired) electrons. The number of hydrogen-bond donors (Lipinski definition) is 1. The van der Waals surface area contributed by atoms with E-state index in [1.165, 1.54) is 0 Å². The summed E-state index contributed by atoms with van der Waals surface area (Å²) in [4.78, 5) is 0. The first-order chi connectivity index (χ1) is 10.7. The average molecular weight is 383 g/mol. The van der Waals surface area contributed by atoms with Crippen molar-refractivity contribution in [1.82, 2.24) is 0 Å². The summed E-state index contributed by atoms with van der Waals surface area (Å²) >= 11 is 5.24. The van der Waals surface area contributed by atoms with Gasteiger partial charge in [0.1, 0.15) is 0 Å². The molecule has 0 aromatic heterocycles. The standard InChI is InChI=1S/C17H19BrO3S/c1-20-15-9-8-13(16(18)17(15)21-2)10-22-11-14(19)12-6-4-3-5-7-12/h3-9,14,19H,10-11H2,1-2H3. The lowest BCUT2D eigenvalue weighted by Gasteiger charge is -2.14. The van der Waals surface area contributed by atoms with Gasteiger partial charge in [0.05, 0.1) is 24.8 Å². The highest BCUT2D eigenvalue weighted by Crippen LogP contribution is 2.39. The molecule has 0 spiro atoms. The molecule has 1 N–H and O–H groups in total. The topological polar surface area (TPSA) is 38.7 Å². The van der Waals surface area contributed by atoms with Gasteiger partial charge in [0.2, 0.25) is 0 Å². The first-order valence-corrected chi connectivity index (χ1v) is 8.82. The van der Waals surface area contributed by atoms with E-state index >= 15 is 0 Å². The molecule has 5 heteroatoms. The average Bonchev–Trinajstić information content (AvgIpc) is 2.56. The van der Waals surface area contributed by atoms with Crippen LogP contribution in [0.5, 0.6) is 11.5 Å². The van der Waals surface area contributed by atoms with E-state index in [4.69, 9.17) is 9.47 Å². The Balaban J connectivity index is 1.97. The van der Waals surface area contributed by atoms with Crippen LogP contribution in [0.3, 0.4) is 0 Å². The molecule has 1 atom stereocenters. The normalized spacial score (nSPS) is 12.0. The van der Waals surface area contributed by atoms with E-state index in [-0.39, 0.29) is 0 Å². The predicted octanol–water partition coefficient (Wildman–Crippen LogP) is 4.43. The van der Waals surface area contributed by atoms with Crippen molar-refractivity contribution in [1.29, 1.82) is 0 Å². The maximum absolute atomic E-state index is 10.2. The fourth-order valence-electron chi connectivity index (χ4n) is 2.09. The summed E-state index contributed by atoms with van der Waals surface area (Å²) in [6.07, 6.45) is -0.454. The van der Waals surface area contributed by atoms with Crippen LogP contribution in [0.1, 0.15) is 17.2 Å². The molecule has 118 valence electrons. The zero-order chi connectivity index (χ0) is 15.9. The number of methoxy groups -OCH3 is 2. The van der Waals surface area contributed by atoms with Crippen LogP contribution < -0.4 is 9.47 Å². The summed E-state index contributed by atoms with van der Waals surface area (Å²) < 4.78 is 11.5. The Hall–Kier alpha value is -1.17. The van der Waals surface area contributed by atoms with Crippen molar-refractivity contribution < 1.29 is 14.6 Å². The number of halogens is 1. The molecule has 0 aliphatic carbocycles. The van der Waals surface area contributed by atoms with Gasteiger partial charge in [-0.15, -0.1) is 0 Å². The molecular formula is C17H19BrO3S. The molecule has 0 bridgehead atoms. The highest BCUT2D eigenvalue weighted by molar-refractivity contribution is 9.10. The Morgan fingerprint density at radius 3 is 2.45 bits per heavy atom. The fraction of sp³-hybridized carbons (Fsp3) is 0.294. The van der Waals surface area contributed by atoms with Gasteiger partial charge in [-0.3, -0.25) is 0 Å². The Morgan fingerprint density at radius 1 is 1.09 bits per heavy atom. The van der Waals surface area contributed by atoms with Gasteiger partial charge in [0.25, 0.3) is 0 Å². The summed E-state index contributed by atoms with van der Waals surface area (Å²) in [5.41, 5.74) is 2.06. The van der Waals surface area contributed by atoms with Crippen LogP contribution >= 0.6 is 27.7 Å². The molecule has 0 aliphatic heterocycles. The number of rotatable bonds is 7. The highest BCUT2D eigenvalue weighted by atomic mass is 79.9. The Labute approximate surface area is 143 Å². The number of aliphatic hydroxyl groups excluding tert-OH is 1. The summed E-state index contributed by atoms with van der Waals surface area (Å²) in [6.45, 7) is 0. The van der Waals surface area contributed by atoms with E-state index in [1.54, 1.807) is 26.0 Å². The molecule has 0 fully saturated rings. The van der Waals surface area contributed by atoms with Gasteiger partial charge in [0, 0.05) is 11.5 Å². The van der Waals surface area contributed by atoms with Crippen molar-refractivity contribution in [3.05, 3.63) is 58.1 Å². The van der Waals surface area contributed by atoms with E-state index in [1.807, 2.05) is 42.5 Å². The van der Waals surface area contributed by atoms with Crippen LogP contribution in [0.4, 0.5) is 0 Å². The van der Waals surface area contributed by atoms with E-state index in [0.29, 0.717) is 17.3 Å². The quantitative estimate of drug-likeness (QED) is 0.768. The first-order valence-electron chi connectivity index (χ1n) is 6.87. The van der Waals surface area contributed by atoms with Gasteiger partial charge in [-0.25, -0.2) is 0 Å². The predicted molar refractivity (Wildman–Crippen MR) is 94.8 cm³/mol. The maximum Gasteiger partial charge on any atom is 0.175 e. The summed E-state index contributed by atoms with van der Waals surface area (Å²) in [6, 6.07) is 13.6. The van der Waals surface area contributed by atoms with Crippen LogP contribution in [0.25, 0.3) is 0 Å². The SMILES string of the molecule is COc1ccc(CSCC(O)c2ccccc2)c(Br)c1OC. The molecule has 22 heavy (non-hydrogen) atoms. The number of aliphatic hydroxyl groups is 1. The molecule has 1 unspecified atom stereocenters. The molecule has 3 nitrogen and oxygen atoms in total. The summed E-state index contributed by atoms with van der Waals surface area (Å²) in [5.74, 6) is 2.83. The van der Waals surface area contributed by atoms with Gasteiger partial charge in [-0.1, -0.05) is 36.4 Å². The van der Waals surface area contributed by atoms with Gasteiger partial charge in [-0.05, 0) is 33.1 Å². The fourth-order valence-corrected chi connectivity index (χ4v) is 3.90. The van der Waals surface area contributed by atoms with E-state index in [2.05, 4.69) is 15.9 Å². The second-order valence-corrected chi connectivity index (χ2v) is 6.54. The minimum absolute atomic E-state index is 0.454. The maximum atomic E-state index is 10.2. The van der Waals surface area contributed by atoms with E-state index in [9.17, 15) is 5.11 Å². The highest BCUT2D eigenvalue weighted by Gasteiger charge is 2.13. The molecule has 2 aromatic rings. The lowest BCUT2D eigenvalue weighted by molar-refractivity contribution is 0.204. The van der Waals surface area contributed by atoms with Crippen LogP contribution in [0, 0.1) is 0 Å². The van der Waals surface area contributed by atoms with Crippen molar-refractivity contribution in [2.75, 3.05) is 20.0 Å². The first kappa shape index (κ1) is 17.2. The summed E-state index contributed by atoms with van der Waals surface area (Å²) in [7, 11) is 3.24. The number of ether oxygens (including phenoxy) is 2. The van der Waals surface area contributed by atoms with Crippen molar-refractivity contribution in [2.45, 2.75) is 11.9 Å². The Kier molecular flexibility index (Phi) is 6.61. The molecule has 0 saturated heterocycles. The minimum Gasteiger partial charge on any atom is -0.493 e. The Morgan fingerprint density at radius 2 is 1.82 bits per heavy atom. The zero-order valence-electron chi connectivity index (χ0n) is 12.6. The van der Waals surface area contributed by atoms with Gasteiger partial charge in [-0.2, -0.15) is 11.8 Å². The third-order valence-corrected chi connectivity index (χ3v) is 5.22. The minimum atomic E-state index is -0.454. The van der Waals surface area contributed by atoms with Gasteiger partial charge >= 0.3 is 0 Å². The second-order valence-electron chi connectivity index (χ2n) is 4.72. The van der Waals surface area contributed by atoms with Crippen LogP contribution in [0.15, 0.2) is 46.9 Å². The molecular weight excluding hydrogens is 364 g/mol. The lowest BCUT2D eigenvalue weighted by atomic mass is 10.1. The third-order valence-electron chi connectivity index (χ3n) is 3.28. The number of hydrogen-bond acceptors (Lipinski definition) is 4. The van der Waals surface area contributed by atoms with Crippen LogP contribution in [-0.4, -0.2) is 25.1 Å². The number of thioether (sulfide) groups is 1. The van der Waals surface area contributed by atoms with Crippen LogP contribution in [-0.2, 0) is 5.75 Å². The van der Waals surface area contributed by atoms with Gasteiger partial charge in [0.15, 0.2) is 11.5 Å². The number of benzene rings is 2. The third kappa shape index (κ3) is 4.18. The second kappa shape index (κ2) is 8.46. The Bertz CT molecular complexity index is 604. The molecule has 2 aromatic carbocycles. The van der Waals surface area contributed by atoms with Crippen molar-refractivity contribution in [3.8, 4) is 11.5 Å². The molecule has 0 amide bonds. The van der Waals surface area contributed by atoms with Gasteiger partial charge < -0.3 is 14.6 Å². The smallest absolute Gasteiger partial charge is 0.175 e. The van der Waals surface area contributed by atoms with Crippen molar-refractivity contribution in [2.24, 2.45) is 0 Å². The van der Waals surface area contributed by atoms with Crippen molar-refractivity contribution in [3.63, 3.8) is 0 Å². The van der Waals surface area contributed by atoms with E-state index in [0.717, 1.165) is 21.4 Å². The monoisotopic (exact) mass is 382 g/mol. The molecule has 0 saturated carbocycles. The largest absolute Gasteiger partial charge is 0.493 e. The van der Waals surface area contributed by atoms with E-state index < -0.39 is 6.10 Å². The molecule has 0 heterocycles. The van der Waals surface area contributed by atoms with Crippen LogP contribution in [0.2, 0.25) is 0 Å².